The third-order valence-corrected chi connectivity index (χ3v) is 3.79. The van der Waals surface area contributed by atoms with E-state index in [9.17, 15) is 9.18 Å². The van der Waals surface area contributed by atoms with Gasteiger partial charge in [0.05, 0.1) is 0 Å². The molecule has 1 aromatic carbocycles. The van der Waals surface area contributed by atoms with Crippen LogP contribution in [0.5, 0.6) is 0 Å². The van der Waals surface area contributed by atoms with Crippen LogP contribution in [0.4, 0.5) is 10.1 Å². The van der Waals surface area contributed by atoms with Crippen LogP contribution in [0.25, 0.3) is 0 Å². The average Bonchev–Trinajstić information content (AvgIpc) is 2.36. The maximum absolute atomic E-state index is 13.8. The van der Waals surface area contributed by atoms with Gasteiger partial charge < -0.3 is 15.5 Å². The molecule has 1 aliphatic heterocycles. The second-order valence-corrected chi connectivity index (χ2v) is 5.38. The van der Waals surface area contributed by atoms with Gasteiger partial charge in [-0.3, -0.25) is 4.79 Å². The van der Waals surface area contributed by atoms with Crippen LogP contribution in [0, 0.1) is 5.82 Å². The van der Waals surface area contributed by atoms with Crippen molar-refractivity contribution in [3.63, 3.8) is 0 Å². The molecule has 0 saturated carbocycles. The summed E-state index contributed by atoms with van der Waals surface area (Å²) in [7, 11) is 1.79. The van der Waals surface area contributed by atoms with Crippen LogP contribution < -0.4 is 10.6 Å². The largest absolute Gasteiger partial charge is 0.355 e. The Bertz CT molecular complexity index is 501. The molecule has 1 aliphatic rings. The van der Waals surface area contributed by atoms with Gasteiger partial charge in [-0.25, -0.2) is 4.39 Å². The fourth-order valence-corrected chi connectivity index (χ4v) is 2.64. The molecule has 0 spiro atoms. The van der Waals surface area contributed by atoms with Gasteiger partial charge >= 0.3 is 0 Å². The van der Waals surface area contributed by atoms with Crippen LogP contribution in [0.1, 0.15) is 19.4 Å². The van der Waals surface area contributed by atoms with E-state index in [4.69, 9.17) is 5.73 Å². The molecule has 4 nitrogen and oxygen atoms in total. The molecule has 1 heterocycles. The molecule has 0 atom stereocenters. The molecular weight excluding hydrogens is 245 g/mol. The maximum atomic E-state index is 13.8. The van der Waals surface area contributed by atoms with Crippen molar-refractivity contribution in [1.29, 1.82) is 0 Å². The van der Waals surface area contributed by atoms with Gasteiger partial charge in [-0.1, -0.05) is 6.07 Å². The number of piperazine rings is 1. The maximum Gasteiger partial charge on any atom is 0.247 e. The SMILES string of the molecule is CN1CCN(c2cccc(F)c2CN)C(C)(C)C1=O. The molecule has 0 aliphatic carbocycles. The van der Waals surface area contributed by atoms with Crippen molar-refractivity contribution in [3.8, 4) is 0 Å². The number of rotatable bonds is 2. The van der Waals surface area contributed by atoms with Crippen LogP contribution >= 0.6 is 0 Å². The average molecular weight is 265 g/mol. The Morgan fingerprint density at radius 1 is 1.37 bits per heavy atom. The molecule has 1 saturated heterocycles. The molecular formula is C14H20FN3O. The first kappa shape index (κ1) is 13.8. The Balaban J connectivity index is 2.47. The number of anilines is 1. The zero-order chi connectivity index (χ0) is 14.2. The molecule has 0 bridgehead atoms. The Morgan fingerprint density at radius 2 is 2.05 bits per heavy atom. The number of carbonyl (C=O) groups excluding carboxylic acids is 1. The number of likely N-dealkylation sites (N-methyl/N-ethyl adjacent to an activating group) is 1. The van der Waals surface area contributed by atoms with Gasteiger partial charge in [-0.15, -0.1) is 0 Å². The topological polar surface area (TPSA) is 49.6 Å². The molecule has 5 heteroatoms. The fourth-order valence-electron chi connectivity index (χ4n) is 2.64. The smallest absolute Gasteiger partial charge is 0.247 e. The monoisotopic (exact) mass is 265 g/mol. The number of hydrogen-bond donors (Lipinski definition) is 1. The van der Waals surface area contributed by atoms with Crippen molar-refractivity contribution in [1.82, 2.24) is 4.90 Å². The molecule has 0 aromatic heterocycles. The number of amides is 1. The summed E-state index contributed by atoms with van der Waals surface area (Å²) in [6, 6.07) is 4.88. The van der Waals surface area contributed by atoms with Gasteiger partial charge in [0.2, 0.25) is 5.91 Å². The lowest BCUT2D eigenvalue weighted by atomic mass is 9.95. The van der Waals surface area contributed by atoms with E-state index in [1.54, 1.807) is 18.0 Å². The van der Waals surface area contributed by atoms with E-state index in [1.807, 2.05) is 24.8 Å². The lowest BCUT2D eigenvalue weighted by Crippen LogP contribution is -2.62. The summed E-state index contributed by atoms with van der Waals surface area (Å²) in [6.45, 7) is 5.14. The van der Waals surface area contributed by atoms with Crippen LogP contribution in [-0.4, -0.2) is 36.5 Å². The Kier molecular flexibility index (Phi) is 3.49. The Hall–Kier alpha value is -1.62. The number of nitrogens with two attached hydrogens (primary N) is 1. The third-order valence-electron chi connectivity index (χ3n) is 3.79. The number of halogens is 1. The summed E-state index contributed by atoms with van der Waals surface area (Å²) in [5, 5.41) is 0. The zero-order valence-corrected chi connectivity index (χ0v) is 11.6. The fraction of sp³-hybridized carbons (Fsp3) is 0.500. The first-order chi connectivity index (χ1) is 8.89. The normalized spacial score (nSPS) is 18.9. The highest BCUT2D eigenvalue weighted by molar-refractivity contribution is 5.90. The Labute approximate surface area is 113 Å². The van der Waals surface area contributed by atoms with E-state index in [0.29, 0.717) is 24.3 Å². The summed E-state index contributed by atoms with van der Waals surface area (Å²) >= 11 is 0. The second kappa shape index (κ2) is 4.81. The highest BCUT2D eigenvalue weighted by atomic mass is 19.1. The standard InChI is InChI=1S/C14H20FN3O/c1-14(2)13(19)17(3)7-8-18(14)12-6-4-5-11(15)10(12)9-16/h4-6H,7-9,16H2,1-3H3. The molecule has 0 unspecified atom stereocenters. The lowest BCUT2D eigenvalue weighted by Gasteiger charge is -2.46. The van der Waals surface area contributed by atoms with Gasteiger partial charge in [0.25, 0.3) is 0 Å². The number of nitrogens with zero attached hydrogens (tertiary/aromatic N) is 2. The second-order valence-electron chi connectivity index (χ2n) is 5.38. The van der Waals surface area contributed by atoms with E-state index >= 15 is 0 Å². The molecule has 1 amide bonds. The lowest BCUT2D eigenvalue weighted by molar-refractivity contribution is -0.136. The summed E-state index contributed by atoms with van der Waals surface area (Å²) in [5.74, 6) is -0.284. The van der Waals surface area contributed by atoms with Crippen LogP contribution in [-0.2, 0) is 11.3 Å². The predicted octanol–water partition coefficient (Wildman–Crippen LogP) is 1.34. The minimum Gasteiger partial charge on any atom is -0.355 e. The van der Waals surface area contributed by atoms with Gasteiger partial charge in [0.1, 0.15) is 11.4 Å². The molecule has 2 rings (SSSR count). The van der Waals surface area contributed by atoms with Gasteiger partial charge in [0, 0.05) is 37.9 Å². The quantitative estimate of drug-likeness (QED) is 0.878. The first-order valence-corrected chi connectivity index (χ1v) is 6.40. The molecule has 1 aromatic rings. The molecule has 1 fully saturated rings. The van der Waals surface area contributed by atoms with Crippen molar-refractivity contribution in [3.05, 3.63) is 29.6 Å². The summed E-state index contributed by atoms with van der Waals surface area (Å²) in [5.41, 5.74) is 6.14. The Morgan fingerprint density at radius 3 is 2.68 bits per heavy atom. The van der Waals surface area contributed by atoms with Crippen molar-refractivity contribution >= 4 is 11.6 Å². The van der Waals surface area contributed by atoms with Gasteiger partial charge in [-0.05, 0) is 26.0 Å². The van der Waals surface area contributed by atoms with E-state index in [2.05, 4.69) is 0 Å². The van der Waals surface area contributed by atoms with Crippen molar-refractivity contribution < 1.29 is 9.18 Å². The molecule has 104 valence electrons. The van der Waals surface area contributed by atoms with Crippen molar-refractivity contribution in [2.75, 3.05) is 25.0 Å². The number of benzene rings is 1. The molecule has 0 radical (unpaired) electrons. The minimum absolute atomic E-state index is 0.0333. The highest BCUT2D eigenvalue weighted by Gasteiger charge is 2.41. The number of carbonyl (C=O) groups is 1. The van der Waals surface area contributed by atoms with Crippen molar-refractivity contribution in [2.45, 2.75) is 25.9 Å². The van der Waals surface area contributed by atoms with Gasteiger partial charge in [0.15, 0.2) is 0 Å². The van der Waals surface area contributed by atoms with Gasteiger partial charge in [-0.2, -0.15) is 0 Å². The van der Waals surface area contributed by atoms with E-state index in [1.165, 1.54) is 6.07 Å². The summed E-state index contributed by atoms with van der Waals surface area (Å²) in [6.07, 6.45) is 0. The first-order valence-electron chi connectivity index (χ1n) is 6.40. The third kappa shape index (κ3) is 2.18. The zero-order valence-electron chi connectivity index (χ0n) is 11.6. The van der Waals surface area contributed by atoms with Crippen molar-refractivity contribution in [2.24, 2.45) is 5.73 Å². The molecule has 2 N–H and O–H groups in total. The van der Waals surface area contributed by atoms with E-state index in [0.717, 1.165) is 0 Å². The van der Waals surface area contributed by atoms with E-state index in [-0.39, 0.29) is 18.3 Å². The van der Waals surface area contributed by atoms with Crippen LogP contribution in [0.3, 0.4) is 0 Å². The van der Waals surface area contributed by atoms with Crippen LogP contribution in [0.15, 0.2) is 18.2 Å². The van der Waals surface area contributed by atoms with E-state index < -0.39 is 5.54 Å². The minimum atomic E-state index is -0.690. The summed E-state index contributed by atoms with van der Waals surface area (Å²) in [4.78, 5) is 15.9. The molecule has 19 heavy (non-hydrogen) atoms. The predicted molar refractivity (Wildman–Crippen MR) is 73.4 cm³/mol. The number of hydrogen-bond acceptors (Lipinski definition) is 3. The highest BCUT2D eigenvalue weighted by Crippen LogP contribution is 2.32. The van der Waals surface area contributed by atoms with Crippen LogP contribution in [0.2, 0.25) is 0 Å². The summed E-state index contributed by atoms with van der Waals surface area (Å²) < 4.78 is 13.8.